The maximum atomic E-state index is 12.2. The van der Waals surface area contributed by atoms with Gasteiger partial charge < -0.3 is 4.90 Å². The van der Waals surface area contributed by atoms with Crippen LogP contribution in [-0.4, -0.2) is 30.9 Å². The molecule has 3 aromatic rings. The summed E-state index contributed by atoms with van der Waals surface area (Å²) in [4.78, 5) is 19.7. The first-order chi connectivity index (χ1) is 11.0. The van der Waals surface area contributed by atoms with E-state index in [9.17, 15) is 4.79 Å². The van der Waals surface area contributed by atoms with Gasteiger partial charge >= 0.3 is 0 Å². The molecule has 0 amide bonds. The van der Waals surface area contributed by atoms with Gasteiger partial charge in [-0.3, -0.25) is 4.79 Å². The van der Waals surface area contributed by atoms with Crippen LogP contribution < -0.4 is 10.5 Å². The Morgan fingerprint density at radius 1 is 1.30 bits per heavy atom. The number of aryl methyl sites for hydroxylation is 1. The van der Waals surface area contributed by atoms with Gasteiger partial charge in [-0.1, -0.05) is 11.3 Å². The fourth-order valence-corrected chi connectivity index (χ4v) is 3.83. The minimum absolute atomic E-state index is 0.0369. The van der Waals surface area contributed by atoms with Crippen molar-refractivity contribution in [2.45, 2.75) is 39.8 Å². The zero-order valence-corrected chi connectivity index (χ0v) is 14.2. The van der Waals surface area contributed by atoms with E-state index in [-0.39, 0.29) is 11.6 Å². The highest BCUT2D eigenvalue weighted by molar-refractivity contribution is 7.20. The smallest absolute Gasteiger partial charge is 0.267 e. The highest BCUT2D eigenvalue weighted by Gasteiger charge is 2.22. The molecule has 0 atom stereocenters. The van der Waals surface area contributed by atoms with Gasteiger partial charge in [-0.25, -0.2) is 14.2 Å². The summed E-state index contributed by atoms with van der Waals surface area (Å²) in [7, 11) is 0. The van der Waals surface area contributed by atoms with Crippen LogP contribution in [0.1, 0.15) is 36.8 Å². The van der Waals surface area contributed by atoms with E-state index < -0.39 is 0 Å². The Balaban J connectivity index is 1.66. The zero-order valence-electron chi connectivity index (χ0n) is 13.4. The Bertz CT molecular complexity index is 906. The third kappa shape index (κ3) is 2.42. The number of hydrogen-bond acceptors (Lipinski definition) is 6. The highest BCUT2D eigenvalue weighted by atomic mass is 32.1. The van der Waals surface area contributed by atoms with Crippen molar-refractivity contribution in [3.05, 3.63) is 39.6 Å². The lowest BCUT2D eigenvalue weighted by molar-refractivity contribution is 0.484. The standard InChI is InChI=1S/C15H18N6OS/c1-9(2)21-13(22)6-11-8-19(5-4-12(11)17-21)15-18-20-7-10(3)16-14(20)23-15/h6-7,9H,4-5,8H2,1-3H3. The number of imidazole rings is 1. The van der Waals surface area contributed by atoms with Crippen molar-refractivity contribution in [3.8, 4) is 0 Å². The van der Waals surface area contributed by atoms with Crippen LogP contribution in [0.2, 0.25) is 0 Å². The first kappa shape index (κ1) is 14.4. The van der Waals surface area contributed by atoms with Gasteiger partial charge in [0, 0.05) is 31.1 Å². The predicted molar refractivity (Wildman–Crippen MR) is 89.2 cm³/mol. The molecule has 1 aliphatic rings. The Hall–Kier alpha value is -2.22. The minimum Gasteiger partial charge on any atom is -0.342 e. The number of rotatable bonds is 2. The summed E-state index contributed by atoms with van der Waals surface area (Å²) in [6, 6.07) is 1.80. The van der Waals surface area contributed by atoms with E-state index in [0.717, 1.165) is 40.0 Å². The van der Waals surface area contributed by atoms with Gasteiger partial charge in [-0.2, -0.15) is 5.10 Å². The number of hydrogen-bond donors (Lipinski definition) is 0. The number of aromatic nitrogens is 5. The molecule has 1 aliphatic heterocycles. The van der Waals surface area contributed by atoms with E-state index in [1.807, 2.05) is 31.5 Å². The lowest BCUT2D eigenvalue weighted by atomic mass is 10.1. The maximum Gasteiger partial charge on any atom is 0.267 e. The Kier molecular flexibility index (Phi) is 3.22. The monoisotopic (exact) mass is 330 g/mol. The Morgan fingerprint density at radius 2 is 2.13 bits per heavy atom. The van der Waals surface area contributed by atoms with Crippen molar-refractivity contribution < 1.29 is 0 Å². The summed E-state index contributed by atoms with van der Waals surface area (Å²) >= 11 is 1.57. The SMILES string of the molecule is Cc1cn2nc(N3CCc4nn(C(C)C)c(=O)cc4C3)sc2n1. The van der Waals surface area contributed by atoms with Crippen LogP contribution in [0.4, 0.5) is 5.13 Å². The summed E-state index contributed by atoms with van der Waals surface area (Å²) in [5, 5.41) is 10.1. The van der Waals surface area contributed by atoms with Crippen molar-refractivity contribution in [3.63, 3.8) is 0 Å². The summed E-state index contributed by atoms with van der Waals surface area (Å²) in [6.07, 6.45) is 2.75. The molecule has 4 heterocycles. The molecule has 0 spiro atoms. The van der Waals surface area contributed by atoms with E-state index in [1.54, 1.807) is 22.1 Å². The maximum absolute atomic E-state index is 12.2. The van der Waals surface area contributed by atoms with Crippen LogP contribution in [0.5, 0.6) is 0 Å². The van der Waals surface area contributed by atoms with E-state index in [4.69, 9.17) is 0 Å². The molecular formula is C15H18N6OS. The van der Waals surface area contributed by atoms with Gasteiger partial charge in [0.15, 0.2) is 0 Å². The topological polar surface area (TPSA) is 68.3 Å². The fraction of sp³-hybridized carbons (Fsp3) is 0.467. The molecule has 0 aromatic carbocycles. The molecule has 23 heavy (non-hydrogen) atoms. The zero-order chi connectivity index (χ0) is 16.1. The summed E-state index contributed by atoms with van der Waals surface area (Å²) < 4.78 is 3.38. The van der Waals surface area contributed by atoms with Crippen molar-refractivity contribution in [1.82, 2.24) is 24.4 Å². The third-order valence-electron chi connectivity index (χ3n) is 4.01. The molecule has 0 unspecified atom stereocenters. The molecule has 0 radical (unpaired) electrons. The van der Waals surface area contributed by atoms with Crippen LogP contribution in [0.15, 0.2) is 17.1 Å². The van der Waals surface area contributed by atoms with Crippen LogP contribution in [0.3, 0.4) is 0 Å². The summed E-state index contributed by atoms with van der Waals surface area (Å²) in [5.74, 6) is 0. The van der Waals surface area contributed by atoms with Crippen LogP contribution in [0, 0.1) is 6.92 Å². The second kappa shape index (κ2) is 5.16. The molecule has 0 saturated carbocycles. The molecule has 4 rings (SSSR count). The molecule has 0 saturated heterocycles. The lowest BCUT2D eigenvalue weighted by Crippen LogP contribution is -2.35. The molecule has 0 aliphatic carbocycles. The van der Waals surface area contributed by atoms with E-state index >= 15 is 0 Å². The van der Waals surface area contributed by atoms with E-state index in [1.165, 1.54) is 0 Å². The molecule has 120 valence electrons. The molecule has 7 nitrogen and oxygen atoms in total. The fourth-order valence-electron chi connectivity index (χ4n) is 2.87. The summed E-state index contributed by atoms with van der Waals surface area (Å²) in [5.41, 5.74) is 2.96. The average Bonchev–Trinajstić information content (AvgIpc) is 3.02. The second-order valence-corrected chi connectivity index (χ2v) is 7.09. The van der Waals surface area contributed by atoms with Crippen molar-refractivity contribution in [2.75, 3.05) is 11.4 Å². The third-order valence-corrected chi connectivity index (χ3v) is 5.00. The largest absolute Gasteiger partial charge is 0.342 e. The molecule has 0 N–H and O–H groups in total. The average molecular weight is 330 g/mol. The van der Waals surface area contributed by atoms with Crippen molar-refractivity contribution in [1.29, 1.82) is 0 Å². The van der Waals surface area contributed by atoms with Crippen LogP contribution in [0.25, 0.3) is 4.96 Å². The van der Waals surface area contributed by atoms with Crippen LogP contribution >= 0.6 is 11.3 Å². The summed E-state index contributed by atoms with van der Waals surface area (Å²) in [6.45, 7) is 7.44. The number of fused-ring (bicyclic) bond motifs is 2. The van der Waals surface area contributed by atoms with E-state index in [0.29, 0.717) is 6.54 Å². The minimum atomic E-state index is -0.0369. The van der Waals surface area contributed by atoms with Gasteiger partial charge in [0.2, 0.25) is 10.1 Å². The molecule has 8 heteroatoms. The molecule has 0 fully saturated rings. The highest BCUT2D eigenvalue weighted by Crippen LogP contribution is 2.27. The van der Waals surface area contributed by atoms with Crippen molar-refractivity contribution in [2.24, 2.45) is 0 Å². The van der Waals surface area contributed by atoms with Gasteiger partial charge in [-0.15, -0.1) is 5.10 Å². The van der Waals surface area contributed by atoms with Gasteiger partial charge in [0.05, 0.1) is 23.6 Å². The lowest BCUT2D eigenvalue weighted by Gasteiger charge is -2.27. The molecule has 0 bridgehead atoms. The second-order valence-electron chi connectivity index (χ2n) is 6.16. The quantitative estimate of drug-likeness (QED) is 0.717. The number of anilines is 1. The van der Waals surface area contributed by atoms with Gasteiger partial charge in [0.1, 0.15) is 0 Å². The predicted octanol–water partition coefficient (Wildman–Crippen LogP) is 1.80. The van der Waals surface area contributed by atoms with Gasteiger partial charge in [0.25, 0.3) is 5.56 Å². The van der Waals surface area contributed by atoms with Crippen molar-refractivity contribution >= 4 is 21.4 Å². The molecular weight excluding hydrogens is 312 g/mol. The van der Waals surface area contributed by atoms with E-state index in [2.05, 4.69) is 20.1 Å². The first-order valence-corrected chi connectivity index (χ1v) is 8.52. The Labute approximate surface area is 137 Å². The Morgan fingerprint density at radius 3 is 2.87 bits per heavy atom. The van der Waals surface area contributed by atoms with Crippen LogP contribution in [-0.2, 0) is 13.0 Å². The molecule has 3 aromatic heterocycles. The number of nitrogens with zero attached hydrogens (tertiary/aromatic N) is 6. The normalized spacial score (nSPS) is 14.7. The first-order valence-electron chi connectivity index (χ1n) is 7.70. The van der Waals surface area contributed by atoms with Gasteiger partial charge in [-0.05, 0) is 20.8 Å².